The van der Waals surface area contributed by atoms with Gasteiger partial charge in [0, 0.05) is 11.6 Å². The summed E-state index contributed by atoms with van der Waals surface area (Å²) in [6, 6.07) is 12.4. The zero-order chi connectivity index (χ0) is 17.8. The van der Waals surface area contributed by atoms with Crippen LogP contribution in [-0.4, -0.2) is 30.3 Å². The van der Waals surface area contributed by atoms with Crippen molar-refractivity contribution in [2.24, 2.45) is 0 Å². The molecule has 128 valence electrons. The molecule has 0 aliphatic carbocycles. The van der Waals surface area contributed by atoms with Gasteiger partial charge in [-0.1, -0.05) is 12.1 Å². The van der Waals surface area contributed by atoms with Crippen LogP contribution in [0.2, 0.25) is 0 Å². The van der Waals surface area contributed by atoms with Gasteiger partial charge in [0.1, 0.15) is 21.9 Å². The number of rotatable bonds is 6. The molecule has 0 saturated heterocycles. The number of carbonyl (C=O) groups is 1. The maximum atomic E-state index is 11.6. The molecule has 7 heteroatoms. The van der Waals surface area contributed by atoms with Crippen LogP contribution in [0.5, 0.6) is 11.5 Å². The Kier molecular flexibility index (Phi) is 4.95. The zero-order valence-corrected chi connectivity index (χ0v) is 14.4. The number of para-hydroxylation sites is 2. The molecule has 1 N–H and O–H groups in total. The van der Waals surface area contributed by atoms with Crippen LogP contribution >= 0.6 is 11.8 Å². The largest absolute Gasteiger partial charge is 0.497 e. The van der Waals surface area contributed by atoms with Crippen LogP contribution < -0.4 is 9.47 Å². The minimum Gasteiger partial charge on any atom is -0.497 e. The first-order chi connectivity index (χ1) is 12.1. The third-order valence-corrected chi connectivity index (χ3v) is 4.27. The van der Waals surface area contributed by atoms with E-state index in [1.165, 1.54) is 13.2 Å². The lowest BCUT2D eigenvalue weighted by Crippen LogP contribution is -1.98. The molecular weight excluding hydrogens is 342 g/mol. The number of hydrogen-bond donors (Lipinski definition) is 1. The molecule has 0 aliphatic heterocycles. The fourth-order valence-electron chi connectivity index (χ4n) is 2.20. The van der Waals surface area contributed by atoms with Crippen LogP contribution in [0.4, 0.5) is 0 Å². The predicted molar refractivity (Wildman–Crippen MR) is 95.0 cm³/mol. The number of fused-ring (bicyclic) bond motifs is 1. The van der Waals surface area contributed by atoms with Gasteiger partial charge < -0.3 is 19.0 Å². The van der Waals surface area contributed by atoms with Crippen molar-refractivity contribution in [1.29, 1.82) is 0 Å². The zero-order valence-electron chi connectivity index (χ0n) is 13.6. The molecule has 3 rings (SSSR count). The van der Waals surface area contributed by atoms with E-state index in [1.807, 2.05) is 12.1 Å². The number of hydrogen-bond acceptors (Lipinski definition) is 6. The summed E-state index contributed by atoms with van der Waals surface area (Å²) in [6.45, 7) is 0. The van der Waals surface area contributed by atoms with E-state index in [-0.39, 0.29) is 10.1 Å². The van der Waals surface area contributed by atoms with Gasteiger partial charge in [-0.25, -0.2) is 9.78 Å². The molecule has 0 fully saturated rings. The van der Waals surface area contributed by atoms with E-state index in [9.17, 15) is 9.90 Å². The third kappa shape index (κ3) is 3.77. The predicted octanol–water partition coefficient (Wildman–Crippen LogP) is 4.06. The first kappa shape index (κ1) is 16.9. The van der Waals surface area contributed by atoms with Crippen LogP contribution in [0.3, 0.4) is 0 Å². The van der Waals surface area contributed by atoms with E-state index in [1.54, 1.807) is 37.4 Å². The first-order valence-corrected chi connectivity index (χ1v) is 8.13. The van der Waals surface area contributed by atoms with Crippen molar-refractivity contribution in [3.8, 4) is 11.5 Å². The third-order valence-electron chi connectivity index (χ3n) is 3.41. The average Bonchev–Trinajstić information content (AvgIpc) is 3.03. The topological polar surface area (TPSA) is 81.8 Å². The summed E-state index contributed by atoms with van der Waals surface area (Å²) in [4.78, 5) is 16.0. The van der Waals surface area contributed by atoms with Gasteiger partial charge >= 0.3 is 5.97 Å². The van der Waals surface area contributed by atoms with E-state index in [4.69, 9.17) is 13.9 Å². The van der Waals surface area contributed by atoms with E-state index >= 15 is 0 Å². The second-order valence-electron chi connectivity index (χ2n) is 4.97. The number of aromatic nitrogens is 1. The van der Waals surface area contributed by atoms with Gasteiger partial charge in [-0.05, 0) is 42.1 Å². The van der Waals surface area contributed by atoms with Crippen molar-refractivity contribution in [2.45, 2.75) is 5.22 Å². The van der Waals surface area contributed by atoms with Gasteiger partial charge in [0.2, 0.25) is 0 Å². The molecule has 2 aromatic carbocycles. The van der Waals surface area contributed by atoms with Crippen LogP contribution in [0.15, 0.2) is 57.0 Å². The minimum absolute atomic E-state index is 0.0648. The first-order valence-electron chi connectivity index (χ1n) is 7.31. The molecule has 0 saturated carbocycles. The molecule has 0 amide bonds. The van der Waals surface area contributed by atoms with E-state index < -0.39 is 5.97 Å². The number of oxazole rings is 1. The summed E-state index contributed by atoms with van der Waals surface area (Å²) in [5.74, 6) is 0.0545. The summed E-state index contributed by atoms with van der Waals surface area (Å²) < 4.78 is 16.0. The van der Waals surface area contributed by atoms with Crippen molar-refractivity contribution in [2.75, 3.05) is 14.2 Å². The highest BCUT2D eigenvalue weighted by Gasteiger charge is 2.16. The van der Waals surface area contributed by atoms with Gasteiger partial charge in [0.25, 0.3) is 5.22 Å². The van der Waals surface area contributed by atoms with Gasteiger partial charge in [0.15, 0.2) is 5.58 Å². The second kappa shape index (κ2) is 7.31. The Hall–Kier alpha value is -2.93. The lowest BCUT2D eigenvalue weighted by Gasteiger charge is -2.08. The number of aliphatic carboxylic acids is 1. The van der Waals surface area contributed by atoms with Crippen LogP contribution in [0, 0.1) is 0 Å². The molecule has 0 radical (unpaired) electrons. The number of thioether (sulfide) groups is 1. The van der Waals surface area contributed by atoms with Crippen molar-refractivity contribution in [1.82, 2.24) is 4.98 Å². The second-order valence-corrected chi connectivity index (χ2v) is 5.96. The highest BCUT2D eigenvalue weighted by molar-refractivity contribution is 8.03. The summed E-state index contributed by atoms with van der Waals surface area (Å²) >= 11 is 0.944. The summed E-state index contributed by atoms with van der Waals surface area (Å²) in [5, 5.41) is 9.78. The lowest BCUT2D eigenvalue weighted by molar-refractivity contribution is -0.131. The smallest absolute Gasteiger partial charge is 0.342 e. The van der Waals surface area contributed by atoms with Crippen LogP contribution in [0.25, 0.3) is 17.2 Å². The summed E-state index contributed by atoms with van der Waals surface area (Å²) in [5.41, 5.74) is 1.90. The van der Waals surface area contributed by atoms with Crippen molar-refractivity contribution < 1.29 is 23.8 Å². The number of carboxylic acids is 1. The molecule has 0 aliphatic rings. The maximum Gasteiger partial charge on any atom is 0.342 e. The fourth-order valence-corrected chi connectivity index (χ4v) is 2.94. The molecule has 3 aromatic rings. The molecule has 1 aromatic heterocycles. The molecule has 0 bridgehead atoms. The highest BCUT2D eigenvalue weighted by Crippen LogP contribution is 2.33. The number of nitrogens with zero attached hydrogens (tertiary/aromatic N) is 1. The van der Waals surface area contributed by atoms with Gasteiger partial charge in [0.05, 0.1) is 14.2 Å². The number of ether oxygens (including phenoxy) is 2. The summed E-state index contributed by atoms with van der Waals surface area (Å²) in [6.07, 6.45) is 1.51. The van der Waals surface area contributed by atoms with Crippen LogP contribution in [0.1, 0.15) is 5.56 Å². The molecule has 0 atom stereocenters. The molecular formula is C18H15NO5S. The monoisotopic (exact) mass is 357 g/mol. The highest BCUT2D eigenvalue weighted by atomic mass is 32.2. The average molecular weight is 357 g/mol. The standard InChI is InChI=1S/C18H15NO5S/c1-22-12-8-7-11(15(10-12)23-2)9-16(17(20)21)25-18-19-13-5-3-4-6-14(13)24-18/h3-10H,1-2H3,(H,20,21)/b16-9-. The molecule has 6 nitrogen and oxygen atoms in total. The van der Waals surface area contributed by atoms with Crippen LogP contribution in [-0.2, 0) is 4.79 Å². The lowest BCUT2D eigenvalue weighted by atomic mass is 10.1. The molecule has 0 spiro atoms. The molecule has 0 unspecified atom stereocenters. The molecule has 1 heterocycles. The Bertz CT molecular complexity index is 915. The quantitative estimate of drug-likeness (QED) is 0.526. The van der Waals surface area contributed by atoms with Gasteiger partial charge in [-0.2, -0.15) is 0 Å². The maximum absolute atomic E-state index is 11.6. The Labute approximate surface area is 148 Å². The number of methoxy groups -OCH3 is 2. The van der Waals surface area contributed by atoms with Crippen molar-refractivity contribution in [3.05, 3.63) is 52.9 Å². The number of carboxylic acid groups (broad SMARTS) is 1. The van der Waals surface area contributed by atoms with Crippen molar-refractivity contribution >= 4 is 34.9 Å². The van der Waals surface area contributed by atoms with E-state index in [0.717, 1.165) is 11.8 Å². The van der Waals surface area contributed by atoms with Crippen molar-refractivity contribution in [3.63, 3.8) is 0 Å². The summed E-state index contributed by atoms with van der Waals surface area (Å²) in [7, 11) is 3.07. The number of benzene rings is 2. The Morgan fingerprint density at radius 2 is 2.00 bits per heavy atom. The Balaban J connectivity index is 1.95. The van der Waals surface area contributed by atoms with Gasteiger partial charge in [-0.15, -0.1) is 0 Å². The SMILES string of the molecule is COc1ccc(/C=C(\Sc2nc3ccccc3o2)C(=O)O)c(OC)c1. The Morgan fingerprint density at radius 1 is 1.20 bits per heavy atom. The van der Waals surface area contributed by atoms with E-state index in [0.29, 0.717) is 28.2 Å². The minimum atomic E-state index is -1.08. The molecule has 25 heavy (non-hydrogen) atoms. The van der Waals surface area contributed by atoms with E-state index in [2.05, 4.69) is 4.98 Å². The normalized spacial score (nSPS) is 11.5. The van der Waals surface area contributed by atoms with Gasteiger partial charge in [-0.3, -0.25) is 0 Å². The fraction of sp³-hybridized carbons (Fsp3) is 0.111. The Morgan fingerprint density at radius 3 is 2.68 bits per heavy atom.